The fraction of sp³-hybridized carbons (Fsp3) is 0.333. The van der Waals surface area contributed by atoms with Crippen LogP contribution in [-0.2, 0) is 10.0 Å². The molecular weight excluding hydrogens is 441 g/mol. The van der Waals surface area contributed by atoms with Gasteiger partial charge in [-0.05, 0) is 30.3 Å². The predicted molar refractivity (Wildman–Crippen MR) is 109 cm³/mol. The van der Waals surface area contributed by atoms with E-state index in [1.807, 2.05) is 0 Å². The molecule has 1 aromatic heterocycles. The highest BCUT2D eigenvalue weighted by Gasteiger charge is 2.29. The van der Waals surface area contributed by atoms with E-state index in [0.717, 1.165) is 0 Å². The minimum Gasteiger partial charge on any atom is -0.459 e. The number of carbonyl (C=O) groups excluding carboxylic acids is 2. The average molecular weight is 460 g/mol. The number of amides is 2. The molecule has 1 aliphatic heterocycles. The van der Waals surface area contributed by atoms with Crippen LogP contribution in [0.1, 0.15) is 20.9 Å². The van der Waals surface area contributed by atoms with Gasteiger partial charge in [0, 0.05) is 37.7 Å². The fourth-order valence-corrected chi connectivity index (χ4v) is 4.63. The zero-order valence-corrected chi connectivity index (χ0v) is 17.6. The smallest absolute Gasteiger partial charge is 0.289 e. The van der Waals surface area contributed by atoms with Crippen molar-refractivity contribution in [2.75, 3.05) is 38.5 Å². The summed E-state index contributed by atoms with van der Waals surface area (Å²) in [5.74, 6) is -0.800. The van der Waals surface area contributed by atoms with Gasteiger partial charge in [-0.3, -0.25) is 9.59 Å². The molecule has 0 bridgehead atoms. The lowest BCUT2D eigenvalue weighted by molar-refractivity contribution is 0.0665. The maximum Gasteiger partial charge on any atom is 0.289 e. The van der Waals surface area contributed by atoms with E-state index in [1.54, 1.807) is 23.1 Å². The molecular formula is C18H19Cl2N3O5S. The third-order valence-electron chi connectivity index (χ3n) is 4.47. The van der Waals surface area contributed by atoms with Crippen LogP contribution in [0.5, 0.6) is 0 Å². The monoisotopic (exact) mass is 459 g/mol. The molecule has 29 heavy (non-hydrogen) atoms. The number of sulfonamides is 1. The van der Waals surface area contributed by atoms with Gasteiger partial charge in [0.2, 0.25) is 10.0 Å². The number of carbonyl (C=O) groups is 2. The van der Waals surface area contributed by atoms with Crippen molar-refractivity contribution < 1.29 is 22.4 Å². The number of rotatable bonds is 6. The second kappa shape index (κ2) is 9.17. The Labute approximate surface area is 178 Å². The van der Waals surface area contributed by atoms with Crippen LogP contribution < -0.4 is 5.32 Å². The molecule has 8 nitrogen and oxygen atoms in total. The van der Waals surface area contributed by atoms with Crippen molar-refractivity contribution in [1.29, 1.82) is 0 Å². The van der Waals surface area contributed by atoms with Crippen LogP contribution in [0.2, 0.25) is 10.0 Å². The van der Waals surface area contributed by atoms with Gasteiger partial charge >= 0.3 is 0 Å². The maximum absolute atomic E-state index is 12.5. The van der Waals surface area contributed by atoms with Gasteiger partial charge in [0.25, 0.3) is 11.8 Å². The van der Waals surface area contributed by atoms with Gasteiger partial charge in [-0.15, -0.1) is 0 Å². The number of hydrogen-bond acceptors (Lipinski definition) is 5. The third-order valence-corrected chi connectivity index (χ3v) is 6.91. The van der Waals surface area contributed by atoms with Crippen molar-refractivity contribution in [2.45, 2.75) is 0 Å². The molecule has 0 unspecified atom stereocenters. The molecule has 1 saturated heterocycles. The van der Waals surface area contributed by atoms with Crippen molar-refractivity contribution in [3.63, 3.8) is 0 Å². The minimum atomic E-state index is -3.58. The Hall–Kier alpha value is -2.07. The number of halogens is 2. The molecule has 1 fully saturated rings. The van der Waals surface area contributed by atoms with Gasteiger partial charge in [-0.1, -0.05) is 23.2 Å². The lowest BCUT2D eigenvalue weighted by atomic mass is 10.2. The second-order valence-corrected chi connectivity index (χ2v) is 9.30. The van der Waals surface area contributed by atoms with Gasteiger partial charge in [-0.2, -0.15) is 4.31 Å². The molecule has 2 heterocycles. The fourth-order valence-electron chi connectivity index (χ4n) is 2.91. The van der Waals surface area contributed by atoms with Crippen molar-refractivity contribution >= 4 is 45.0 Å². The Morgan fingerprint density at radius 3 is 2.48 bits per heavy atom. The van der Waals surface area contributed by atoms with E-state index in [9.17, 15) is 18.0 Å². The second-order valence-electron chi connectivity index (χ2n) is 6.36. The lowest BCUT2D eigenvalue weighted by Gasteiger charge is -2.33. The number of hydrogen-bond donors (Lipinski definition) is 1. The quantitative estimate of drug-likeness (QED) is 0.712. The summed E-state index contributed by atoms with van der Waals surface area (Å²) in [5, 5.41) is 3.13. The molecule has 0 radical (unpaired) electrons. The number of nitrogens with one attached hydrogen (secondary N) is 1. The minimum absolute atomic E-state index is 0.0739. The molecule has 1 aromatic carbocycles. The Balaban J connectivity index is 1.50. The summed E-state index contributed by atoms with van der Waals surface area (Å²) < 4.78 is 31.5. The van der Waals surface area contributed by atoms with Gasteiger partial charge in [-0.25, -0.2) is 8.42 Å². The number of benzene rings is 1. The van der Waals surface area contributed by atoms with Crippen LogP contribution >= 0.6 is 23.2 Å². The summed E-state index contributed by atoms with van der Waals surface area (Å²) in [6.07, 6.45) is 1.42. The lowest BCUT2D eigenvalue weighted by Crippen LogP contribution is -2.51. The van der Waals surface area contributed by atoms with E-state index in [1.165, 1.54) is 22.7 Å². The average Bonchev–Trinajstić information content (AvgIpc) is 3.24. The van der Waals surface area contributed by atoms with Gasteiger partial charge < -0.3 is 14.6 Å². The number of nitrogens with zero attached hydrogens (tertiary/aromatic N) is 2. The zero-order valence-electron chi connectivity index (χ0n) is 15.3. The predicted octanol–water partition coefficient (Wildman–Crippen LogP) is 2.10. The molecule has 0 spiro atoms. The first-order valence-electron chi connectivity index (χ1n) is 8.82. The standard InChI is InChI=1S/C18H19Cl2N3O5S/c19-13-3-4-15(20)14(12-13)17(24)21-5-11-29(26,27)23-8-6-22(7-9-23)18(25)16-2-1-10-28-16/h1-4,10,12H,5-9,11H2,(H,21,24). The van der Waals surface area contributed by atoms with Crippen LogP contribution in [-0.4, -0.2) is 67.9 Å². The van der Waals surface area contributed by atoms with Crippen molar-refractivity contribution in [1.82, 2.24) is 14.5 Å². The van der Waals surface area contributed by atoms with Crippen LogP contribution in [0, 0.1) is 0 Å². The highest BCUT2D eigenvalue weighted by atomic mass is 35.5. The van der Waals surface area contributed by atoms with Gasteiger partial charge in [0.05, 0.1) is 22.6 Å². The summed E-state index contributed by atoms with van der Waals surface area (Å²) in [7, 11) is -3.58. The molecule has 0 saturated carbocycles. The molecule has 3 rings (SSSR count). The van der Waals surface area contributed by atoms with Crippen LogP contribution in [0.15, 0.2) is 41.0 Å². The summed E-state index contributed by atoms with van der Waals surface area (Å²) in [6, 6.07) is 7.67. The number of furan rings is 1. The molecule has 2 aromatic rings. The van der Waals surface area contributed by atoms with Crippen molar-refractivity contribution in [3.8, 4) is 0 Å². The van der Waals surface area contributed by atoms with Crippen LogP contribution in [0.3, 0.4) is 0 Å². The van der Waals surface area contributed by atoms with E-state index in [2.05, 4.69) is 5.32 Å². The molecule has 2 amide bonds. The molecule has 0 aliphatic carbocycles. The van der Waals surface area contributed by atoms with E-state index >= 15 is 0 Å². The molecule has 0 atom stereocenters. The van der Waals surface area contributed by atoms with Gasteiger partial charge in [0.15, 0.2) is 5.76 Å². The van der Waals surface area contributed by atoms with E-state index in [4.69, 9.17) is 27.6 Å². The SMILES string of the molecule is O=C(NCCS(=O)(=O)N1CCN(C(=O)c2ccco2)CC1)c1cc(Cl)ccc1Cl. The third kappa shape index (κ3) is 5.30. The molecule has 156 valence electrons. The Bertz CT molecular complexity index is 987. The number of piperazine rings is 1. The van der Waals surface area contributed by atoms with Crippen LogP contribution in [0.25, 0.3) is 0 Å². The summed E-state index contributed by atoms with van der Waals surface area (Å²) in [5.41, 5.74) is 0.182. The topological polar surface area (TPSA) is 99.9 Å². The van der Waals surface area contributed by atoms with Crippen LogP contribution in [0.4, 0.5) is 0 Å². The highest BCUT2D eigenvalue weighted by Crippen LogP contribution is 2.20. The van der Waals surface area contributed by atoms with Crippen molar-refractivity contribution in [2.24, 2.45) is 0 Å². The van der Waals surface area contributed by atoms with Gasteiger partial charge in [0.1, 0.15) is 0 Å². The molecule has 1 N–H and O–H groups in total. The summed E-state index contributed by atoms with van der Waals surface area (Å²) in [6.45, 7) is 0.827. The summed E-state index contributed by atoms with van der Waals surface area (Å²) >= 11 is 11.8. The van der Waals surface area contributed by atoms with E-state index in [0.29, 0.717) is 5.02 Å². The summed E-state index contributed by atoms with van der Waals surface area (Å²) in [4.78, 5) is 26.0. The van der Waals surface area contributed by atoms with Crippen molar-refractivity contribution in [3.05, 3.63) is 58.0 Å². The highest BCUT2D eigenvalue weighted by molar-refractivity contribution is 7.89. The molecule has 11 heteroatoms. The first-order valence-corrected chi connectivity index (χ1v) is 11.2. The van der Waals surface area contributed by atoms with E-state index < -0.39 is 15.9 Å². The maximum atomic E-state index is 12.5. The Morgan fingerprint density at radius 2 is 1.83 bits per heavy atom. The normalized spacial score (nSPS) is 15.3. The Kier molecular flexibility index (Phi) is 6.84. The zero-order chi connectivity index (χ0) is 21.0. The largest absolute Gasteiger partial charge is 0.459 e. The first-order chi connectivity index (χ1) is 13.8. The van der Waals surface area contributed by atoms with E-state index in [-0.39, 0.29) is 60.7 Å². The first kappa shape index (κ1) is 21.6. The Morgan fingerprint density at radius 1 is 1.10 bits per heavy atom. The molecule has 1 aliphatic rings.